The number of pyridine rings is 1. The lowest BCUT2D eigenvalue weighted by Crippen LogP contribution is -1.98. The van der Waals surface area contributed by atoms with Crippen molar-refractivity contribution in [1.29, 1.82) is 5.26 Å². The Kier molecular flexibility index (Phi) is 5.95. The van der Waals surface area contributed by atoms with Crippen LogP contribution in [0.4, 0.5) is 11.4 Å². The average Bonchev–Trinajstić information content (AvgIpc) is 2.84. The van der Waals surface area contributed by atoms with Gasteiger partial charge >= 0.3 is 0 Å². The third kappa shape index (κ3) is 4.07. The number of hydrogen-bond donors (Lipinski definition) is 1. The summed E-state index contributed by atoms with van der Waals surface area (Å²) in [6.07, 6.45) is 1.54. The molecular formula is C25H21N3O4. The third-order valence-electron chi connectivity index (χ3n) is 4.91. The van der Waals surface area contributed by atoms with Crippen LogP contribution in [0.5, 0.6) is 28.7 Å². The van der Waals surface area contributed by atoms with Gasteiger partial charge in [-0.25, -0.2) is 0 Å². The van der Waals surface area contributed by atoms with E-state index in [1.807, 2.05) is 54.6 Å². The number of anilines is 2. The first kappa shape index (κ1) is 20.8. The molecule has 0 fully saturated rings. The number of rotatable bonds is 7. The largest absolute Gasteiger partial charge is 0.493 e. The van der Waals surface area contributed by atoms with Crippen molar-refractivity contribution in [1.82, 2.24) is 4.98 Å². The molecule has 4 aromatic rings. The molecule has 1 N–H and O–H groups in total. The maximum Gasteiger partial charge on any atom is 0.169 e. The lowest BCUT2D eigenvalue weighted by Gasteiger charge is -2.15. The number of nitriles is 1. The fourth-order valence-corrected chi connectivity index (χ4v) is 3.32. The predicted octanol–water partition coefficient (Wildman–Crippen LogP) is 5.67. The second-order valence-electron chi connectivity index (χ2n) is 6.79. The minimum Gasteiger partial charge on any atom is -0.493 e. The standard InChI is InChI=1S/C25H21N3O4/c1-29-21-6-4-5-7-22(21)32-18-10-8-17(9-11-18)28-25-16(14-26)15-27-20-13-24(31-3)23(30-2)12-19(20)25/h4-13,15H,1-3H3,(H,27,28). The monoisotopic (exact) mass is 427 g/mol. The van der Waals surface area contributed by atoms with Crippen LogP contribution >= 0.6 is 0 Å². The number of nitrogens with one attached hydrogen (secondary N) is 1. The van der Waals surface area contributed by atoms with Gasteiger partial charge in [-0.15, -0.1) is 0 Å². The van der Waals surface area contributed by atoms with Gasteiger partial charge in [0.1, 0.15) is 11.8 Å². The summed E-state index contributed by atoms with van der Waals surface area (Å²) >= 11 is 0. The number of ether oxygens (including phenoxy) is 4. The fourth-order valence-electron chi connectivity index (χ4n) is 3.32. The highest BCUT2D eigenvalue weighted by Crippen LogP contribution is 2.37. The molecule has 7 heteroatoms. The van der Waals surface area contributed by atoms with Crippen LogP contribution in [0, 0.1) is 11.3 Å². The Hall–Kier alpha value is -4.44. The summed E-state index contributed by atoms with van der Waals surface area (Å²) < 4.78 is 22.0. The van der Waals surface area contributed by atoms with Crippen LogP contribution in [-0.2, 0) is 0 Å². The van der Waals surface area contributed by atoms with E-state index in [1.165, 1.54) is 6.20 Å². The Morgan fingerprint density at radius 2 is 1.47 bits per heavy atom. The first-order valence-corrected chi connectivity index (χ1v) is 9.79. The number of aromatic nitrogens is 1. The molecule has 0 saturated carbocycles. The highest BCUT2D eigenvalue weighted by atomic mass is 16.5. The van der Waals surface area contributed by atoms with Crippen LogP contribution in [0.15, 0.2) is 66.9 Å². The first-order chi connectivity index (χ1) is 15.7. The number of para-hydroxylation sites is 2. The van der Waals surface area contributed by atoms with Gasteiger partial charge in [-0.05, 0) is 42.5 Å². The van der Waals surface area contributed by atoms with E-state index in [0.29, 0.717) is 45.5 Å². The summed E-state index contributed by atoms with van der Waals surface area (Å²) in [5, 5.41) is 13.7. The van der Waals surface area contributed by atoms with Crippen molar-refractivity contribution in [3.8, 4) is 34.8 Å². The molecule has 0 bridgehead atoms. The molecule has 0 aliphatic carbocycles. The molecule has 0 unspecified atom stereocenters. The molecule has 1 aromatic heterocycles. The van der Waals surface area contributed by atoms with Crippen molar-refractivity contribution in [3.63, 3.8) is 0 Å². The number of hydrogen-bond acceptors (Lipinski definition) is 7. The number of methoxy groups -OCH3 is 3. The number of fused-ring (bicyclic) bond motifs is 1. The lowest BCUT2D eigenvalue weighted by molar-refractivity contribution is 0.356. The zero-order chi connectivity index (χ0) is 22.5. The minimum absolute atomic E-state index is 0.416. The Bertz CT molecular complexity index is 1300. The van der Waals surface area contributed by atoms with E-state index in [9.17, 15) is 5.26 Å². The van der Waals surface area contributed by atoms with E-state index >= 15 is 0 Å². The quantitative estimate of drug-likeness (QED) is 0.407. The molecule has 0 saturated heterocycles. The van der Waals surface area contributed by atoms with Gasteiger partial charge in [0.2, 0.25) is 0 Å². The molecule has 1 heterocycles. The lowest BCUT2D eigenvalue weighted by atomic mass is 10.1. The van der Waals surface area contributed by atoms with Crippen molar-refractivity contribution in [2.24, 2.45) is 0 Å². The van der Waals surface area contributed by atoms with Gasteiger partial charge in [0.05, 0.1) is 38.1 Å². The van der Waals surface area contributed by atoms with E-state index < -0.39 is 0 Å². The molecule has 0 radical (unpaired) electrons. The Morgan fingerprint density at radius 3 is 2.12 bits per heavy atom. The van der Waals surface area contributed by atoms with E-state index in [0.717, 1.165) is 11.1 Å². The van der Waals surface area contributed by atoms with Gasteiger partial charge in [-0.3, -0.25) is 4.98 Å². The summed E-state index contributed by atoms with van der Waals surface area (Å²) in [5.41, 5.74) is 2.52. The van der Waals surface area contributed by atoms with E-state index in [2.05, 4.69) is 16.4 Å². The summed E-state index contributed by atoms with van der Waals surface area (Å²) in [7, 11) is 4.74. The van der Waals surface area contributed by atoms with Gasteiger partial charge in [0.25, 0.3) is 0 Å². The predicted molar refractivity (Wildman–Crippen MR) is 122 cm³/mol. The molecule has 0 aliphatic heterocycles. The fraction of sp³-hybridized carbons (Fsp3) is 0.120. The second-order valence-corrected chi connectivity index (χ2v) is 6.79. The Morgan fingerprint density at radius 1 is 0.812 bits per heavy atom. The molecule has 7 nitrogen and oxygen atoms in total. The van der Waals surface area contributed by atoms with Crippen LogP contribution in [0.2, 0.25) is 0 Å². The molecule has 0 amide bonds. The summed E-state index contributed by atoms with van der Waals surface area (Å²) in [5.74, 6) is 3.07. The zero-order valence-electron chi connectivity index (χ0n) is 17.9. The van der Waals surface area contributed by atoms with E-state index in [1.54, 1.807) is 27.4 Å². The normalized spacial score (nSPS) is 10.3. The topological polar surface area (TPSA) is 85.6 Å². The van der Waals surface area contributed by atoms with Crippen LogP contribution < -0.4 is 24.3 Å². The van der Waals surface area contributed by atoms with Gasteiger partial charge in [-0.1, -0.05) is 12.1 Å². The van der Waals surface area contributed by atoms with E-state index in [-0.39, 0.29) is 0 Å². The van der Waals surface area contributed by atoms with Crippen LogP contribution in [-0.4, -0.2) is 26.3 Å². The Balaban J connectivity index is 1.66. The molecular weight excluding hydrogens is 406 g/mol. The molecule has 3 aromatic carbocycles. The van der Waals surface area contributed by atoms with Crippen LogP contribution in [0.25, 0.3) is 10.9 Å². The van der Waals surface area contributed by atoms with Crippen LogP contribution in [0.1, 0.15) is 5.56 Å². The third-order valence-corrected chi connectivity index (χ3v) is 4.91. The van der Waals surface area contributed by atoms with Crippen molar-refractivity contribution in [3.05, 3.63) is 72.4 Å². The van der Waals surface area contributed by atoms with E-state index in [4.69, 9.17) is 18.9 Å². The molecule has 0 atom stereocenters. The van der Waals surface area contributed by atoms with Crippen molar-refractivity contribution in [2.45, 2.75) is 0 Å². The average molecular weight is 427 g/mol. The highest BCUT2D eigenvalue weighted by molar-refractivity contribution is 5.97. The van der Waals surface area contributed by atoms with Crippen molar-refractivity contribution < 1.29 is 18.9 Å². The van der Waals surface area contributed by atoms with Crippen molar-refractivity contribution in [2.75, 3.05) is 26.6 Å². The van der Waals surface area contributed by atoms with Crippen molar-refractivity contribution >= 4 is 22.3 Å². The number of nitrogens with zero attached hydrogens (tertiary/aromatic N) is 2. The van der Waals surface area contributed by atoms with Gasteiger partial charge in [0.15, 0.2) is 23.0 Å². The Labute approximate surface area is 185 Å². The minimum atomic E-state index is 0.416. The van der Waals surface area contributed by atoms with Gasteiger partial charge in [-0.2, -0.15) is 5.26 Å². The second kappa shape index (κ2) is 9.14. The molecule has 160 valence electrons. The summed E-state index contributed by atoms with van der Waals surface area (Å²) in [6.45, 7) is 0. The molecule has 0 aliphatic rings. The maximum absolute atomic E-state index is 9.62. The van der Waals surface area contributed by atoms with Gasteiger partial charge < -0.3 is 24.3 Å². The van der Waals surface area contributed by atoms with Crippen LogP contribution in [0.3, 0.4) is 0 Å². The number of benzene rings is 3. The first-order valence-electron chi connectivity index (χ1n) is 9.79. The molecule has 32 heavy (non-hydrogen) atoms. The SMILES string of the molecule is COc1cc2ncc(C#N)c(Nc3ccc(Oc4ccccc4OC)cc3)c2cc1OC. The smallest absolute Gasteiger partial charge is 0.169 e. The molecule has 4 rings (SSSR count). The maximum atomic E-state index is 9.62. The summed E-state index contributed by atoms with van der Waals surface area (Å²) in [4.78, 5) is 4.39. The summed E-state index contributed by atoms with van der Waals surface area (Å²) in [6, 6.07) is 20.7. The molecule has 0 spiro atoms. The zero-order valence-corrected chi connectivity index (χ0v) is 17.9. The van der Waals surface area contributed by atoms with Gasteiger partial charge in [0, 0.05) is 23.3 Å². The highest BCUT2D eigenvalue weighted by Gasteiger charge is 2.14.